The van der Waals surface area contributed by atoms with E-state index in [9.17, 15) is 9.59 Å². The third kappa shape index (κ3) is 5.10. The molecule has 3 heterocycles. The summed E-state index contributed by atoms with van der Waals surface area (Å²) in [7, 11) is 3.10. The van der Waals surface area contributed by atoms with Crippen LogP contribution in [0.2, 0.25) is 0 Å². The molecule has 0 bridgehead atoms. The van der Waals surface area contributed by atoms with Crippen molar-refractivity contribution in [2.45, 2.75) is 6.42 Å². The Kier molecular flexibility index (Phi) is 7.24. The standard InChI is InChI=1S/C23H28N6O5/c1-28-20(27-22(30)17-13-26-19(24)14-25-17)12-16-15(23(28)31)4-5-18(21(16)32-2)34-9-3-6-29-7-10-33-11-8-29/h4-5,12-14H,3,6-11H2,1-2H3,(H2,24,26)(H,27,30). The van der Waals surface area contributed by atoms with Gasteiger partial charge in [0.05, 0.1) is 44.7 Å². The molecule has 1 aliphatic heterocycles. The van der Waals surface area contributed by atoms with Gasteiger partial charge in [-0.1, -0.05) is 0 Å². The lowest BCUT2D eigenvalue weighted by Gasteiger charge is -2.26. The first-order chi connectivity index (χ1) is 16.5. The molecule has 0 aliphatic carbocycles. The van der Waals surface area contributed by atoms with E-state index in [4.69, 9.17) is 19.9 Å². The largest absolute Gasteiger partial charge is 0.492 e. The van der Waals surface area contributed by atoms with Crippen LogP contribution in [0, 0.1) is 0 Å². The lowest BCUT2D eigenvalue weighted by molar-refractivity contribution is 0.0357. The molecule has 0 atom stereocenters. The summed E-state index contributed by atoms with van der Waals surface area (Å²) in [4.78, 5) is 35.8. The summed E-state index contributed by atoms with van der Waals surface area (Å²) >= 11 is 0. The number of nitrogens with zero attached hydrogens (tertiary/aromatic N) is 4. The van der Waals surface area contributed by atoms with Crippen LogP contribution in [0.25, 0.3) is 10.8 Å². The van der Waals surface area contributed by atoms with Crippen LogP contribution in [0.5, 0.6) is 11.5 Å². The Morgan fingerprint density at radius 2 is 2.00 bits per heavy atom. The highest BCUT2D eigenvalue weighted by molar-refractivity contribution is 6.03. The Morgan fingerprint density at radius 3 is 2.71 bits per heavy atom. The van der Waals surface area contributed by atoms with Gasteiger partial charge >= 0.3 is 0 Å². The first-order valence-electron chi connectivity index (χ1n) is 11.0. The molecular weight excluding hydrogens is 440 g/mol. The summed E-state index contributed by atoms with van der Waals surface area (Å²) in [6.07, 6.45) is 3.41. The molecule has 0 spiro atoms. The summed E-state index contributed by atoms with van der Waals surface area (Å²) in [6, 6.07) is 5.12. The molecule has 11 heteroatoms. The monoisotopic (exact) mass is 468 g/mol. The first-order valence-corrected chi connectivity index (χ1v) is 11.0. The van der Waals surface area contributed by atoms with E-state index in [1.165, 1.54) is 24.1 Å². The number of nitrogens with one attached hydrogen (secondary N) is 1. The Morgan fingerprint density at radius 1 is 1.21 bits per heavy atom. The van der Waals surface area contributed by atoms with Crippen LogP contribution in [0.3, 0.4) is 0 Å². The topological polar surface area (TPSA) is 134 Å². The predicted molar refractivity (Wildman–Crippen MR) is 128 cm³/mol. The van der Waals surface area contributed by atoms with Gasteiger partial charge in [0.1, 0.15) is 17.3 Å². The van der Waals surface area contributed by atoms with E-state index in [2.05, 4.69) is 20.2 Å². The fourth-order valence-electron chi connectivity index (χ4n) is 3.81. The number of anilines is 2. The zero-order valence-electron chi connectivity index (χ0n) is 19.2. The average molecular weight is 469 g/mol. The summed E-state index contributed by atoms with van der Waals surface area (Å²) in [6.45, 7) is 4.81. The van der Waals surface area contributed by atoms with Crippen molar-refractivity contribution in [1.82, 2.24) is 19.4 Å². The number of carbonyl (C=O) groups excluding carboxylic acids is 1. The zero-order chi connectivity index (χ0) is 24.1. The maximum atomic E-state index is 13.0. The molecule has 1 fully saturated rings. The van der Waals surface area contributed by atoms with Crippen LogP contribution in [-0.4, -0.2) is 71.9 Å². The third-order valence-corrected chi connectivity index (χ3v) is 5.67. The number of nitrogens with two attached hydrogens (primary N) is 1. The van der Waals surface area contributed by atoms with Crippen molar-refractivity contribution < 1.29 is 19.0 Å². The average Bonchev–Trinajstić information content (AvgIpc) is 2.85. The highest BCUT2D eigenvalue weighted by Gasteiger charge is 2.17. The van der Waals surface area contributed by atoms with Gasteiger partial charge in [-0.05, 0) is 24.6 Å². The van der Waals surface area contributed by atoms with E-state index in [-0.39, 0.29) is 22.9 Å². The van der Waals surface area contributed by atoms with Crippen LogP contribution in [0.4, 0.5) is 11.6 Å². The smallest absolute Gasteiger partial charge is 0.276 e. The van der Waals surface area contributed by atoms with Gasteiger partial charge in [-0.3, -0.25) is 19.1 Å². The number of rotatable bonds is 8. The molecule has 1 aromatic carbocycles. The molecule has 34 heavy (non-hydrogen) atoms. The normalized spacial score (nSPS) is 14.2. The first kappa shape index (κ1) is 23.5. The highest BCUT2D eigenvalue weighted by atomic mass is 16.5. The van der Waals surface area contributed by atoms with Gasteiger partial charge in [0.2, 0.25) is 0 Å². The van der Waals surface area contributed by atoms with Crippen molar-refractivity contribution in [2.75, 3.05) is 57.6 Å². The minimum Gasteiger partial charge on any atom is -0.492 e. The number of benzene rings is 1. The van der Waals surface area contributed by atoms with E-state index in [1.54, 1.807) is 25.2 Å². The van der Waals surface area contributed by atoms with Gasteiger partial charge in [-0.25, -0.2) is 9.97 Å². The highest BCUT2D eigenvalue weighted by Crippen LogP contribution is 2.35. The summed E-state index contributed by atoms with van der Waals surface area (Å²) < 4.78 is 18.3. The second-order valence-corrected chi connectivity index (χ2v) is 7.89. The fraction of sp³-hybridized carbons (Fsp3) is 0.391. The van der Waals surface area contributed by atoms with Gasteiger partial charge < -0.3 is 25.3 Å². The van der Waals surface area contributed by atoms with Crippen molar-refractivity contribution in [1.29, 1.82) is 0 Å². The van der Waals surface area contributed by atoms with Crippen LogP contribution in [0.1, 0.15) is 16.9 Å². The molecule has 0 unspecified atom stereocenters. The number of aromatic nitrogens is 3. The molecule has 0 saturated carbocycles. The summed E-state index contributed by atoms with van der Waals surface area (Å²) in [5, 5.41) is 3.69. The van der Waals surface area contributed by atoms with E-state index in [0.717, 1.165) is 39.3 Å². The number of nitrogen functional groups attached to an aromatic ring is 1. The number of pyridine rings is 1. The predicted octanol–water partition coefficient (Wildman–Crippen LogP) is 1.27. The van der Waals surface area contributed by atoms with Gasteiger partial charge in [0.25, 0.3) is 11.5 Å². The molecule has 1 amide bonds. The van der Waals surface area contributed by atoms with Crippen LogP contribution >= 0.6 is 0 Å². The molecule has 3 N–H and O–H groups in total. The Balaban J connectivity index is 1.55. The second-order valence-electron chi connectivity index (χ2n) is 7.89. The van der Waals surface area contributed by atoms with E-state index >= 15 is 0 Å². The van der Waals surface area contributed by atoms with Crippen LogP contribution in [-0.2, 0) is 11.8 Å². The third-order valence-electron chi connectivity index (χ3n) is 5.67. The molecule has 0 radical (unpaired) electrons. The van der Waals surface area contributed by atoms with E-state index in [0.29, 0.717) is 28.9 Å². The van der Waals surface area contributed by atoms with Crippen molar-refractivity contribution in [3.8, 4) is 11.5 Å². The van der Waals surface area contributed by atoms with Gasteiger partial charge in [0, 0.05) is 32.1 Å². The van der Waals surface area contributed by atoms with Gasteiger partial charge in [0.15, 0.2) is 11.5 Å². The number of hydrogen-bond donors (Lipinski definition) is 2. The Bertz CT molecular complexity index is 1220. The summed E-state index contributed by atoms with van der Waals surface area (Å²) in [5.41, 5.74) is 5.32. The van der Waals surface area contributed by atoms with Gasteiger partial charge in [-0.2, -0.15) is 0 Å². The van der Waals surface area contributed by atoms with Crippen molar-refractivity contribution >= 4 is 28.3 Å². The minimum absolute atomic E-state index is 0.0751. The minimum atomic E-state index is -0.517. The lowest BCUT2D eigenvalue weighted by atomic mass is 10.1. The van der Waals surface area contributed by atoms with E-state index < -0.39 is 5.91 Å². The molecule has 11 nitrogen and oxygen atoms in total. The Labute approximate surface area is 196 Å². The second kappa shape index (κ2) is 10.5. The number of carbonyl (C=O) groups is 1. The zero-order valence-corrected chi connectivity index (χ0v) is 19.2. The molecule has 2 aromatic heterocycles. The lowest BCUT2D eigenvalue weighted by Crippen LogP contribution is -2.37. The van der Waals surface area contributed by atoms with E-state index in [1.807, 2.05) is 0 Å². The maximum Gasteiger partial charge on any atom is 0.276 e. The number of amides is 1. The molecule has 180 valence electrons. The molecule has 1 saturated heterocycles. The SMILES string of the molecule is COc1c(OCCCN2CCOCC2)ccc2c(=O)n(C)c(NC(=O)c3cnc(N)cn3)cc12. The van der Waals surface area contributed by atoms with Crippen molar-refractivity contribution in [3.63, 3.8) is 0 Å². The van der Waals surface area contributed by atoms with Crippen molar-refractivity contribution in [2.24, 2.45) is 7.05 Å². The molecular formula is C23H28N6O5. The molecule has 3 aromatic rings. The number of fused-ring (bicyclic) bond motifs is 1. The quantitative estimate of drug-likeness (QED) is 0.469. The maximum absolute atomic E-state index is 13.0. The fourth-order valence-corrected chi connectivity index (χ4v) is 3.81. The number of hydrogen-bond acceptors (Lipinski definition) is 9. The van der Waals surface area contributed by atoms with Crippen molar-refractivity contribution in [3.05, 3.63) is 46.6 Å². The molecule has 1 aliphatic rings. The van der Waals surface area contributed by atoms with Crippen LogP contribution in [0.15, 0.2) is 35.4 Å². The number of ether oxygens (including phenoxy) is 3. The van der Waals surface area contributed by atoms with Gasteiger partial charge in [-0.15, -0.1) is 0 Å². The number of methoxy groups -OCH3 is 1. The Hall–Kier alpha value is -3.70. The summed E-state index contributed by atoms with van der Waals surface area (Å²) in [5.74, 6) is 0.938. The molecule has 4 rings (SSSR count). The number of morpholine rings is 1. The van der Waals surface area contributed by atoms with Crippen LogP contribution < -0.4 is 26.1 Å².